The Morgan fingerprint density at radius 3 is 2.68 bits per heavy atom. The third-order valence-corrected chi connectivity index (χ3v) is 4.66. The minimum atomic E-state index is -4.40. The molecule has 2 fully saturated rings. The fourth-order valence-electron chi connectivity index (χ4n) is 3.65. The summed E-state index contributed by atoms with van der Waals surface area (Å²) in [6.07, 6.45) is -2.20. The van der Waals surface area contributed by atoms with E-state index in [9.17, 15) is 23.1 Å². The number of hydrogen-bond donors (Lipinski definition) is 3. The van der Waals surface area contributed by atoms with Gasteiger partial charge in [-0.1, -0.05) is 18.6 Å². The predicted molar refractivity (Wildman–Crippen MR) is 72.7 cm³/mol. The zero-order valence-electron chi connectivity index (χ0n) is 11.7. The number of aliphatic carboxylic acids is 1. The van der Waals surface area contributed by atoms with E-state index in [1.54, 1.807) is 6.07 Å². The maximum Gasteiger partial charge on any atom is 0.416 e. The van der Waals surface area contributed by atoms with Crippen molar-refractivity contribution in [2.24, 2.45) is 11.8 Å². The molecule has 0 spiro atoms. The van der Waals surface area contributed by atoms with Crippen molar-refractivity contribution in [2.45, 2.75) is 37.5 Å². The minimum Gasteiger partial charge on any atom is -0.481 e. The Morgan fingerprint density at radius 2 is 2.00 bits per heavy atom. The maximum absolute atomic E-state index is 12.9. The van der Waals surface area contributed by atoms with E-state index in [-0.39, 0.29) is 12.0 Å². The van der Waals surface area contributed by atoms with Gasteiger partial charge in [0.05, 0.1) is 17.5 Å². The lowest BCUT2D eigenvalue weighted by Crippen LogP contribution is -2.39. The fourth-order valence-corrected chi connectivity index (χ4v) is 3.65. The molecule has 1 aliphatic heterocycles. The Hall–Kier alpha value is -1.60. The molecule has 2 aliphatic rings. The molecule has 1 saturated heterocycles. The predicted octanol–water partition coefficient (Wildman–Crippen LogP) is 2.72. The van der Waals surface area contributed by atoms with Crippen molar-refractivity contribution < 1.29 is 23.1 Å². The maximum atomic E-state index is 12.9. The van der Waals surface area contributed by atoms with E-state index in [4.69, 9.17) is 0 Å². The minimum absolute atomic E-state index is 0.0191. The Bertz CT molecular complexity index is 576. The van der Waals surface area contributed by atoms with Crippen molar-refractivity contribution in [2.75, 3.05) is 0 Å². The first-order valence-corrected chi connectivity index (χ1v) is 7.29. The number of carboxylic acid groups (broad SMARTS) is 1. The highest BCUT2D eigenvalue weighted by Crippen LogP contribution is 2.42. The van der Waals surface area contributed by atoms with Crippen molar-refractivity contribution in [1.82, 2.24) is 10.9 Å². The zero-order valence-corrected chi connectivity index (χ0v) is 11.7. The first kappa shape index (κ1) is 15.3. The summed E-state index contributed by atoms with van der Waals surface area (Å²) in [5.41, 5.74) is 5.82. The lowest BCUT2D eigenvalue weighted by Gasteiger charge is -2.33. The van der Waals surface area contributed by atoms with Gasteiger partial charge in [0.1, 0.15) is 0 Å². The van der Waals surface area contributed by atoms with Gasteiger partial charge >= 0.3 is 12.1 Å². The van der Waals surface area contributed by atoms with Crippen LogP contribution in [-0.4, -0.2) is 17.1 Å². The van der Waals surface area contributed by atoms with Crippen LogP contribution in [0.4, 0.5) is 13.2 Å². The number of hydrogen-bond acceptors (Lipinski definition) is 3. The van der Waals surface area contributed by atoms with Crippen LogP contribution in [0, 0.1) is 11.8 Å². The molecule has 4 atom stereocenters. The van der Waals surface area contributed by atoms with Gasteiger partial charge in [0.25, 0.3) is 0 Å². The molecule has 22 heavy (non-hydrogen) atoms. The smallest absolute Gasteiger partial charge is 0.416 e. The molecule has 4 unspecified atom stereocenters. The van der Waals surface area contributed by atoms with Gasteiger partial charge in [-0.25, -0.2) is 5.43 Å². The number of rotatable bonds is 2. The number of fused-ring (bicyclic) bond motifs is 1. The van der Waals surface area contributed by atoms with Gasteiger partial charge in [-0.2, -0.15) is 13.2 Å². The van der Waals surface area contributed by atoms with Crippen molar-refractivity contribution in [1.29, 1.82) is 0 Å². The summed E-state index contributed by atoms with van der Waals surface area (Å²) in [5, 5.41) is 9.40. The summed E-state index contributed by atoms with van der Waals surface area (Å²) in [5.74, 6) is -1.66. The van der Waals surface area contributed by atoms with Crippen molar-refractivity contribution in [3.63, 3.8) is 0 Å². The van der Waals surface area contributed by atoms with Gasteiger partial charge < -0.3 is 5.11 Å². The molecule has 1 aliphatic carbocycles. The quantitative estimate of drug-likeness (QED) is 0.785. The second-order valence-corrected chi connectivity index (χ2v) is 5.95. The number of carbonyl (C=O) groups is 1. The number of carboxylic acids is 1. The molecule has 3 N–H and O–H groups in total. The Balaban J connectivity index is 1.92. The first-order valence-electron chi connectivity index (χ1n) is 7.29. The van der Waals surface area contributed by atoms with Gasteiger partial charge in [0, 0.05) is 12.0 Å². The zero-order chi connectivity index (χ0) is 15.9. The van der Waals surface area contributed by atoms with E-state index in [0.717, 1.165) is 25.0 Å². The van der Waals surface area contributed by atoms with E-state index in [1.807, 2.05) is 0 Å². The third-order valence-electron chi connectivity index (χ3n) is 4.66. The lowest BCUT2D eigenvalue weighted by molar-refractivity contribution is -0.145. The second kappa shape index (κ2) is 5.55. The molecule has 1 aromatic carbocycles. The summed E-state index contributed by atoms with van der Waals surface area (Å²) < 4.78 is 38.6. The molecule has 4 nitrogen and oxygen atoms in total. The molecule has 1 heterocycles. The first-order chi connectivity index (χ1) is 10.4. The average Bonchev–Trinajstić information content (AvgIpc) is 2.90. The number of halogens is 3. The summed E-state index contributed by atoms with van der Waals surface area (Å²) in [7, 11) is 0. The van der Waals surface area contributed by atoms with Crippen molar-refractivity contribution in [3.05, 3.63) is 35.4 Å². The van der Waals surface area contributed by atoms with E-state index in [2.05, 4.69) is 10.9 Å². The normalized spacial score (nSPS) is 31.8. The molecular weight excluding hydrogens is 297 g/mol. The molecule has 1 saturated carbocycles. The molecule has 7 heteroatoms. The van der Waals surface area contributed by atoms with Crippen LogP contribution in [0.25, 0.3) is 0 Å². The molecule has 3 rings (SSSR count). The summed E-state index contributed by atoms with van der Waals surface area (Å²) in [6.45, 7) is 0. The van der Waals surface area contributed by atoms with Crippen LogP contribution in [0.3, 0.4) is 0 Å². The van der Waals surface area contributed by atoms with Gasteiger partial charge in [0.15, 0.2) is 0 Å². The Kier molecular flexibility index (Phi) is 3.86. The molecule has 0 radical (unpaired) electrons. The molecular formula is C15H17F3N2O2. The highest BCUT2D eigenvalue weighted by molar-refractivity contribution is 5.71. The largest absolute Gasteiger partial charge is 0.481 e. The van der Waals surface area contributed by atoms with E-state index < -0.39 is 29.7 Å². The lowest BCUT2D eigenvalue weighted by atomic mass is 9.72. The fraction of sp³-hybridized carbons (Fsp3) is 0.533. The van der Waals surface area contributed by atoms with E-state index >= 15 is 0 Å². The van der Waals surface area contributed by atoms with Crippen LogP contribution >= 0.6 is 0 Å². The van der Waals surface area contributed by atoms with Crippen LogP contribution in [0.15, 0.2) is 24.3 Å². The van der Waals surface area contributed by atoms with Crippen LogP contribution in [-0.2, 0) is 11.0 Å². The average molecular weight is 314 g/mol. The Labute approximate surface area is 125 Å². The Morgan fingerprint density at radius 1 is 1.23 bits per heavy atom. The van der Waals surface area contributed by atoms with Crippen molar-refractivity contribution >= 4 is 5.97 Å². The topological polar surface area (TPSA) is 61.4 Å². The highest BCUT2D eigenvalue weighted by atomic mass is 19.4. The number of benzene rings is 1. The van der Waals surface area contributed by atoms with E-state index in [1.165, 1.54) is 6.07 Å². The molecule has 120 valence electrons. The molecule has 0 bridgehead atoms. The standard InChI is InChI=1S/C15H17F3N2O2/c16-15(17,18)9-4-1-3-8(7-9)13-12-10(14(21)22)5-2-6-11(12)19-20-13/h1,3-4,7,10-13,19-20H,2,5-6H2,(H,21,22). The number of hydrazine groups is 1. The van der Waals surface area contributed by atoms with Gasteiger partial charge in [-0.05, 0) is 30.5 Å². The molecule has 1 aromatic rings. The monoisotopic (exact) mass is 314 g/mol. The number of nitrogens with one attached hydrogen (secondary N) is 2. The van der Waals surface area contributed by atoms with Crippen LogP contribution in [0.5, 0.6) is 0 Å². The molecule has 0 amide bonds. The highest BCUT2D eigenvalue weighted by Gasteiger charge is 2.46. The van der Waals surface area contributed by atoms with Crippen LogP contribution in [0.2, 0.25) is 0 Å². The van der Waals surface area contributed by atoms with Crippen molar-refractivity contribution in [3.8, 4) is 0 Å². The van der Waals surface area contributed by atoms with Gasteiger partial charge in [-0.3, -0.25) is 10.2 Å². The van der Waals surface area contributed by atoms with Gasteiger partial charge in [0.2, 0.25) is 0 Å². The summed E-state index contributed by atoms with van der Waals surface area (Å²) in [4.78, 5) is 11.5. The SMILES string of the molecule is O=C(O)C1CCCC2NNC(c3cccc(C(F)(F)F)c3)C21. The third kappa shape index (κ3) is 2.70. The second-order valence-electron chi connectivity index (χ2n) is 5.95. The van der Waals surface area contributed by atoms with Gasteiger partial charge in [-0.15, -0.1) is 0 Å². The number of alkyl halides is 3. The van der Waals surface area contributed by atoms with Crippen LogP contribution in [0.1, 0.15) is 36.4 Å². The van der Waals surface area contributed by atoms with E-state index in [0.29, 0.717) is 12.0 Å². The summed E-state index contributed by atoms with van der Waals surface area (Å²) >= 11 is 0. The molecule has 0 aromatic heterocycles. The summed E-state index contributed by atoms with van der Waals surface area (Å²) in [6, 6.07) is 4.67. The van der Waals surface area contributed by atoms with Crippen LogP contribution < -0.4 is 10.9 Å².